The first-order valence-electron chi connectivity index (χ1n) is 8.89. The summed E-state index contributed by atoms with van der Waals surface area (Å²) in [6.45, 7) is 2.75. The second kappa shape index (κ2) is 10.8. The summed E-state index contributed by atoms with van der Waals surface area (Å²) in [5, 5.41) is 2.81. The molecule has 1 atom stereocenters. The second-order valence-corrected chi connectivity index (χ2v) is 6.58. The summed E-state index contributed by atoms with van der Waals surface area (Å²) in [4.78, 5) is 39.3. The van der Waals surface area contributed by atoms with E-state index in [0.29, 0.717) is 19.4 Å². The molecule has 0 aromatic carbocycles. The summed E-state index contributed by atoms with van der Waals surface area (Å²) in [7, 11) is 3.66. The fourth-order valence-electron chi connectivity index (χ4n) is 2.66. The van der Waals surface area contributed by atoms with E-state index in [9.17, 15) is 14.4 Å². The van der Waals surface area contributed by atoms with Crippen molar-refractivity contribution in [2.45, 2.75) is 57.9 Å². The minimum atomic E-state index is -0.473. The average Bonchev–Trinajstić information content (AvgIpc) is 2.86. The zero-order valence-electron chi connectivity index (χ0n) is 15.2. The van der Waals surface area contributed by atoms with Crippen LogP contribution in [0.2, 0.25) is 0 Å². The van der Waals surface area contributed by atoms with Crippen LogP contribution in [0.25, 0.3) is 0 Å². The van der Waals surface area contributed by atoms with Gasteiger partial charge in [0.15, 0.2) is 5.78 Å². The molecule has 2 amide bonds. The van der Waals surface area contributed by atoms with Crippen molar-refractivity contribution < 1.29 is 14.4 Å². The average molecular weight is 337 g/mol. The molecule has 1 unspecified atom stereocenters. The highest BCUT2D eigenvalue weighted by molar-refractivity contribution is 5.96. The molecule has 0 aliphatic carbocycles. The lowest BCUT2D eigenvalue weighted by Crippen LogP contribution is -2.42. The summed E-state index contributed by atoms with van der Waals surface area (Å²) in [5.74, 6) is -0.327. The fourth-order valence-corrected chi connectivity index (χ4v) is 2.66. The van der Waals surface area contributed by atoms with Gasteiger partial charge in [-0.2, -0.15) is 0 Å². The number of nitrogens with zero attached hydrogens (tertiary/aromatic N) is 2. The summed E-state index contributed by atoms with van der Waals surface area (Å²) in [6, 6.07) is -0.473. The lowest BCUT2D eigenvalue weighted by atomic mass is 10.1. The normalized spacial score (nSPS) is 17.5. The Kier molecular flexibility index (Phi) is 9.12. The Morgan fingerprint density at radius 1 is 1.25 bits per heavy atom. The molecule has 6 nitrogen and oxygen atoms in total. The maximum absolute atomic E-state index is 12.3. The van der Waals surface area contributed by atoms with E-state index in [1.54, 1.807) is 11.1 Å². The number of nitrogens with one attached hydrogen (secondary N) is 1. The highest BCUT2D eigenvalue weighted by atomic mass is 16.2. The van der Waals surface area contributed by atoms with Crippen molar-refractivity contribution >= 4 is 17.6 Å². The zero-order chi connectivity index (χ0) is 17.9. The number of ketones is 1. The van der Waals surface area contributed by atoms with Crippen molar-refractivity contribution in [3.05, 3.63) is 12.3 Å². The van der Waals surface area contributed by atoms with E-state index in [1.165, 1.54) is 23.8 Å². The molecule has 1 saturated heterocycles. The van der Waals surface area contributed by atoms with E-state index in [0.717, 1.165) is 19.3 Å². The fraction of sp³-hybridized carbons (Fsp3) is 0.722. The van der Waals surface area contributed by atoms with E-state index >= 15 is 0 Å². The number of amides is 2. The summed E-state index contributed by atoms with van der Waals surface area (Å²) in [5.41, 5.74) is 0. The lowest BCUT2D eigenvalue weighted by molar-refractivity contribution is -0.134. The smallest absolute Gasteiger partial charge is 0.245 e. The summed E-state index contributed by atoms with van der Waals surface area (Å²) in [6.07, 6.45) is 9.64. The van der Waals surface area contributed by atoms with Gasteiger partial charge in [0.2, 0.25) is 11.8 Å². The van der Waals surface area contributed by atoms with Gasteiger partial charge in [-0.25, -0.2) is 0 Å². The van der Waals surface area contributed by atoms with Crippen molar-refractivity contribution in [2.24, 2.45) is 0 Å². The number of rotatable bonds is 11. The van der Waals surface area contributed by atoms with Crippen LogP contribution < -0.4 is 5.32 Å². The van der Waals surface area contributed by atoms with Gasteiger partial charge < -0.3 is 15.1 Å². The Morgan fingerprint density at radius 3 is 2.62 bits per heavy atom. The first kappa shape index (κ1) is 20.2. The van der Waals surface area contributed by atoms with Crippen LogP contribution >= 0.6 is 0 Å². The molecule has 1 aliphatic heterocycles. The number of unbranched alkanes of at least 4 members (excludes halogenated alkanes) is 4. The van der Waals surface area contributed by atoms with Gasteiger partial charge in [-0.1, -0.05) is 32.6 Å². The van der Waals surface area contributed by atoms with E-state index in [1.807, 2.05) is 14.1 Å². The lowest BCUT2D eigenvalue weighted by Gasteiger charge is -2.15. The van der Waals surface area contributed by atoms with Gasteiger partial charge in [-0.15, -0.1) is 0 Å². The van der Waals surface area contributed by atoms with Gasteiger partial charge in [-0.3, -0.25) is 14.4 Å². The zero-order valence-corrected chi connectivity index (χ0v) is 15.2. The third-order valence-electron chi connectivity index (χ3n) is 4.05. The molecular weight excluding hydrogens is 306 g/mol. The van der Waals surface area contributed by atoms with Gasteiger partial charge >= 0.3 is 0 Å². The molecular formula is C18H31N3O3. The molecule has 1 rings (SSSR count). The van der Waals surface area contributed by atoms with Gasteiger partial charge in [0.05, 0.1) is 6.54 Å². The Balaban J connectivity index is 2.30. The van der Waals surface area contributed by atoms with Gasteiger partial charge in [-0.05, 0) is 18.9 Å². The predicted octanol–water partition coefficient (Wildman–Crippen LogP) is 1.71. The van der Waals surface area contributed by atoms with E-state index in [2.05, 4.69) is 12.2 Å². The van der Waals surface area contributed by atoms with Gasteiger partial charge in [0.1, 0.15) is 6.04 Å². The molecule has 0 aromatic rings. The maximum atomic E-state index is 12.3. The number of carbonyl (C=O) groups is 3. The van der Waals surface area contributed by atoms with Gasteiger partial charge in [0.25, 0.3) is 0 Å². The van der Waals surface area contributed by atoms with Crippen LogP contribution in [0.15, 0.2) is 12.3 Å². The molecule has 0 saturated carbocycles. The van der Waals surface area contributed by atoms with E-state index < -0.39 is 6.04 Å². The quantitative estimate of drug-likeness (QED) is 0.460. The van der Waals surface area contributed by atoms with Crippen molar-refractivity contribution in [1.29, 1.82) is 0 Å². The molecule has 1 fully saturated rings. The number of hydrogen-bond donors (Lipinski definition) is 1. The summed E-state index contributed by atoms with van der Waals surface area (Å²) >= 11 is 0. The molecule has 0 radical (unpaired) electrons. The monoisotopic (exact) mass is 337 g/mol. The van der Waals surface area contributed by atoms with E-state index in [4.69, 9.17) is 0 Å². The molecule has 0 spiro atoms. The van der Waals surface area contributed by atoms with Crippen LogP contribution in [-0.2, 0) is 14.4 Å². The standard InChI is InChI=1S/C18H31N3O3/c1-4-5-6-7-8-9-17(23)19-16-11-13-21(18(16)24)14-15(22)10-12-20(2)3/h10,12,16H,4-9,11,13-14H2,1-3H3,(H,19,23)/b12-10+. The van der Waals surface area contributed by atoms with Crippen molar-refractivity contribution in [1.82, 2.24) is 15.1 Å². The van der Waals surface area contributed by atoms with Crippen molar-refractivity contribution in [3.63, 3.8) is 0 Å². The second-order valence-electron chi connectivity index (χ2n) is 6.58. The van der Waals surface area contributed by atoms with Crippen LogP contribution in [0.5, 0.6) is 0 Å². The highest BCUT2D eigenvalue weighted by Gasteiger charge is 2.33. The summed E-state index contributed by atoms with van der Waals surface area (Å²) < 4.78 is 0. The molecule has 24 heavy (non-hydrogen) atoms. The largest absolute Gasteiger partial charge is 0.383 e. The Bertz CT molecular complexity index is 460. The first-order valence-corrected chi connectivity index (χ1v) is 8.89. The molecule has 1 N–H and O–H groups in total. The van der Waals surface area contributed by atoms with Crippen molar-refractivity contribution in [3.8, 4) is 0 Å². The number of hydrogen-bond acceptors (Lipinski definition) is 4. The third kappa shape index (κ3) is 7.62. The molecule has 0 bridgehead atoms. The van der Waals surface area contributed by atoms with Crippen LogP contribution in [0.3, 0.4) is 0 Å². The maximum Gasteiger partial charge on any atom is 0.245 e. The number of likely N-dealkylation sites (tertiary alicyclic amines) is 1. The van der Waals surface area contributed by atoms with Crippen LogP contribution in [0.4, 0.5) is 0 Å². The molecule has 6 heteroatoms. The molecule has 1 aliphatic rings. The van der Waals surface area contributed by atoms with Crippen molar-refractivity contribution in [2.75, 3.05) is 27.2 Å². The highest BCUT2D eigenvalue weighted by Crippen LogP contribution is 2.12. The Morgan fingerprint density at radius 2 is 1.96 bits per heavy atom. The van der Waals surface area contributed by atoms with Crippen LogP contribution in [-0.4, -0.2) is 60.6 Å². The van der Waals surface area contributed by atoms with Crippen LogP contribution in [0.1, 0.15) is 51.9 Å². The predicted molar refractivity (Wildman–Crippen MR) is 94.3 cm³/mol. The Hall–Kier alpha value is -1.85. The topological polar surface area (TPSA) is 69.7 Å². The first-order chi connectivity index (χ1) is 11.4. The van der Waals surface area contributed by atoms with Crippen LogP contribution in [0, 0.1) is 0 Å². The molecule has 136 valence electrons. The minimum absolute atomic E-state index is 0.0643. The third-order valence-corrected chi connectivity index (χ3v) is 4.05. The van der Waals surface area contributed by atoms with E-state index in [-0.39, 0.29) is 24.1 Å². The SMILES string of the molecule is CCCCCCCC(=O)NC1CCN(CC(=O)/C=C/N(C)C)C1=O. The van der Waals surface area contributed by atoms with Gasteiger partial charge in [0, 0.05) is 33.3 Å². The number of carbonyl (C=O) groups excluding carboxylic acids is 3. The molecule has 0 aromatic heterocycles. The minimum Gasteiger partial charge on any atom is -0.383 e. The Labute approximate surface area is 145 Å². The molecule has 1 heterocycles.